The average Bonchev–Trinajstić information content (AvgIpc) is 2.87. The Labute approximate surface area is 216 Å². The Balaban J connectivity index is 1.92. The lowest BCUT2D eigenvalue weighted by Gasteiger charge is -2.32. The van der Waals surface area contributed by atoms with Gasteiger partial charge in [-0.2, -0.15) is 0 Å². The van der Waals surface area contributed by atoms with E-state index >= 15 is 0 Å². The monoisotopic (exact) mass is 510 g/mol. The summed E-state index contributed by atoms with van der Waals surface area (Å²) in [5, 5.41) is 0.232. The van der Waals surface area contributed by atoms with Gasteiger partial charge in [0, 0.05) is 20.1 Å². The van der Waals surface area contributed by atoms with Crippen LogP contribution in [0.5, 0.6) is 5.75 Å². The van der Waals surface area contributed by atoms with E-state index in [1.807, 2.05) is 36.4 Å². The fraction of sp³-hybridized carbons (Fsp3) is 0.393. The highest BCUT2D eigenvalue weighted by atomic mass is 35.5. The molecule has 36 heavy (non-hydrogen) atoms. The van der Waals surface area contributed by atoms with Gasteiger partial charge in [-0.25, -0.2) is 9.78 Å². The predicted octanol–water partition coefficient (Wildman–Crippen LogP) is 5.11. The molecule has 4 rings (SSSR count). The molecule has 0 spiro atoms. The first-order valence-corrected chi connectivity index (χ1v) is 12.4. The Morgan fingerprint density at radius 2 is 1.92 bits per heavy atom. The van der Waals surface area contributed by atoms with Gasteiger partial charge in [-0.1, -0.05) is 55.8 Å². The van der Waals surface area contributed by atoms with Crippen molar-refractivity contribution in [2.75, 3.05) is 27.4 Å². The van der Waals surface area contributed by atoms with Crippen molar-refractivity contribution in [3.8, 4) is 17.1 Å². The van der Waals surface area contributed by atoms with Gasteiger partial charge in [-0.3, -0.25) is 4.79 Å². The van der Waals surface area contributed by atoms with E-state index in [1.54, 1.807) is 17.7 Å². The summed E-state index contributed by atoms with van der Waals surface area (Å²) >= 11 is 6.57. The number of fused-ring (bicyclic) bond motifs is 3. The molecule has 0 N–H and O–H groups in total. The van der Waals surface area contributed by atoms with Gasteiger partial charge in [-0.15, -0.1) is 0 Å². The van der Waals surface area contributed by atoms with Crippen LogP contribution in [0.3, 0.4) is 0 Å². The lowest BCUT2D eigenvalue weighted by molar-refractivity contribution is 0.0597. The van der Waals surface area contributed by atoms with Crippen molar-refractivity contribution >= 4 is 17.6 Å². The van der Waals surface area contributed by atoms with E-state index in [9.17, 15) is 9.59 Å². The number of esters is 1. The molecule has 1 atom stereocenters. The minimum absolute atomic E-state index is 0.0190. The van der Waals surface area contributed by atoms with Crippen LogP contribution < -0.4 is 10.3 Å². The zero-order valence-corrected chi connectivity index (χ0v) is 21.8. The van der Waals surface area contributed by atoms with E-state index in [0.717, 1.165) is 23.1 Å². The van der Waals surface area contributed by atoms with Gasteiger partial charge in [0.1, 0.15) is 5.56 Å². The molecule has 0 aliphatic heterocycles. The summed E-state index contributed by atoms with van der Waals surface area (Å²) in [6.07, 6.45) is 1.41. The fourth-order valence-corrected chi connectivity index (χ4v) is 4.90. The molecule has 7 nitrogen and oxygen atoms in total. The molecule has 0 saturated carbocycles. The number of hydrogen-bond acceptors (Lipinski definition) is 6. The van der Waals surface area contributed by atoms with Crippen LogP contribution in [-0.2, 0) is 22.4 Å². The predicted molar refractivity (Wildman–Crippen MR) is 139 cm³/mol. The second kappa shape index (κ2) is 11.3. The summed E-state index contributed by atoms with van der Waals surface area (Å²) in [5.74, 6) is 0.166. The number of rotatable bonds is 9. The van der Waals surface area contributed by atoms with Crippen LogP contribution in [0.2, 0.25) is 5.15 Å². The Bertz CT molecular complexity index is 1300. The Morgan fingerprint density at radius 1 is 1.17 bits per heavy atom. The normalized spacial score (nSPS) is 14.3. The molecule has 3 aromatic rings. The van der Waals surface area contributed by atoms with Gasteiger partial charge >= 0.3 is 5.97 Å². The number of carbonyl (C=O) groups excluding carboxylic acids is 1. The molecule has 0 radical (unpaired) electrons. The minimum atomic E-state index is -0.649. The lowest BCUT2D eigenvalue weighted by Crippen LogP contribution is -2.33. The van der Waals surface area contributed by atoms with Crippen LogP contribution >= 0.6 is 11.6 Å². The van der Waals surface area contributed by atoms with E-state index < -0.39 is 11.5 Å². The first-order chi connectivity index (χ1) is 17.3. The molecular formula is C28H31ClN2O5. The summed E-state index contributed by atoms with van der Waals surface area (Å²) < 4.78 is 17.6. The second-order valence-electron chi connectivity index (χ2n) is 9.26. The molecule has 1 aromatic carbocycles. The van der Waals surface area contributed by atoms with Crippen molar-refractivity contribution in [1.82, 2.24) is 9.55 Å². The molecular weight excluding hydrogens is 480 g/mol. The SMILES string of the molecule is COCCCOc1cc2c(nc1Cl)-c1c(cc(C(=O)OC)c(=O)n1Cc1ccccc1)C(C(C)C)C2. The largest absolute Gasteiger partial charge is 0.490 e. The Kier molecular flexibility index (Phi) is 8.11. The van der Waals surface area contributed by atoms with Crippen molar-refractivity contribution in [2.24, 2.45) is 5.92 Å². The minimum Gasteiger partial charge on any atom is -0.490 e. The van der Waals surface area contributed by atoms with Gasteiger partial charge < -0.3 is 18.8 Å². The quantitative estimate of drug-likeness (QED) is 0.226. The molecule has 0 fully saturated rings. The van der Waals surface area contributed by atoms with E-state index in [-0.39, 0.29) is 29.1 Å². The van der Waals surface area contributed by atoms with Crippen molar-refractivity contribution in [1.29, 1.82) is 0 Å². The second-order valence-corrected chi connectivity index (χ2v) is 9.62. The Morgan fingerprint density at radius 3 is 2.58 bits per heavy atom. The average molecular weight is 511 g/mol. The highest BCUT2D eigenvalue weighted by Crippen LogP contribution is 2.44. The highest BCUT2D eigenvalue weighted by Gasteiger charge is 2.34. The molecule has 190 valence electrons. The lowest BCUT2D eigenvalue weighted by atomic mass is 9.77. The van der Waals surface area contributed by atoms with Crippen LogP contribution in [0.1, 0.15) is 53.2 Å². The molecule has 2 heterocycles. The molecule has 0 bridgehead atoms. The van der Waals surface area contributed by atoms with E-state index in [2.05, 4.69) is 13.8 Å². The number of aromatic nitrogens is 2. The highest BCUT2D eigenvalue weighted by molar-refractivity contribution is 6.31. The van der Waals surface area contributed by atoms with Crippen molar-refractivity contribution in [3.63, 3.8) is 0 Å². The van der Waals surface area contributed by atoms with Gasteiger partial charge in [0.15, 0.2) is 10.9 Å². The van der Waals surface area contributed by atoms with Crippen molar-refractivity contribution < 1.29 is 19.0 Å². The van der Waals surface area contributed by atoms with Crippen molar-refractivity contribution in [2.45, 2.75) is 39.2 Å². The number of ether oxygens (including phenoxy) is 3. The van der Waals surface area contributed by atoms with E-state index in [4.69, 9.17) is 30.8 Å². The smallest absolute Gasteiger partial charge is 0.343 e. The number of halogens is 1. The van der Waals surface area contributed by atoms with Crippen LogP contribution in [0.15, 0.2) is 47.3 Å². The first kappa shape index (κ1) is 25.9. The van der Waals surface area contributed by atoms with Crippen LogP contribution in [0.4, 0.5) is 0 Å². The van der Waals surface area contributed by atoms with Crippen LogP contribution in [-0.4, -0.2) is 43.0 Å². The number of benzene rings is 1. The number of carbonyl (C=O) groups is 1. The van der Waals surface area contributed by atoms with E-state index in [1.165, 1.54) is 7.11 Å². The summed E-state index contributed by atoms with van der Waals surface area (Å²) in [5.41, 5.74) is 3.71. The van der Waals surface area contributed by atoms with Crippen molar-refractivity contribution in [3.05, 3.63) is 80.2 Å². The summed E-state index contributed by atoms with van der Waals surface area (Å²) in [6, 6.07) is 13.3. The molecule has 0 saturated heterocycles. The number of methoxy groups -OCH3 is 2. The number of hydrogen-bond donors (Lipinski definition) is 0. The molecule has 2 aromatic heterocycles. The molecule has 8 heteroatoms. The van der Waals surface area contributed by atoms with Gasteiger partial charge in [0.2, 0.25) is 0 Å². The topological polar surface area (TPSA) is 79.7 Å². The van der Waals surface area contributed by atoms with Gasteiger partial charge in [-0.05, 0) is 47.1 Å². The maximum atomic E-state index is 13.7. The summed E-state index contributed by atoms with van der Waals surface area (Å²) in [7, 11) is 2.94. The summed E-state index contributed by atoms with van der Waals surface area (Å²) in [4.78, 5) is 31.0. The third-order valence-corrected chi connectivity index (χ3v) is 6.82. The molecule has 1 aliphatic carbocycles. The van der Waals surface area contributed by atoms with E-state index in [0.29, 0.717) is 36.8 Å². The molecule has 1 unspecified atom stereocenters. The standard InChI is InChI=1S/C28H31ClN2O5/c1-17(2)20-13-19-14-23(36-12-8-11-34-3)26(29)30-24(19)25-21(20)15-22(28(33)35-4)27(32)31(25)16-18-9-6-5-7-10-18/h5-7,9-10,14-15,17,20H,8,11-13,16H2,1-4H3. The van der Waals surface area contributed by atoms with Crippen LogP contribution in [0.25, 0.3) is 11.4 Å². The zero-order valence-electron chi connectivity index (χ0n) is 21.0. The molecule has 1 aliphatic rings. The maximum absolute atomic E-state index is 13.7. The zero-order chi connectivity index (χ0) is 25.8. The third-order valence-electron chi connectivity index (χ3n) is 6.55. The fourth-order valence-electron chi connectivity index (χ4n) is 4.71. The van der Waals surface area contributed by atoms with Gasteiger partial charge in [0.05, 0.1) is 31.6 Å². The third kappa shape index (κ3) is 5.18. The van der Waals surface area contributed by atoms with Gasteiger partial charge in [0.25, 0.3) is 5.56 Å². The number of pyridine rings is 2. The maximum Gasteiger partial charge on any atom is 0.343 e. The molecule has 0 amide bonds. The summed E-state index contributed by atoms with van der Waals surface area (Å²) in [6.45, 7) is 5.60. The van der Waals surface area contributed by atoms with Crippen LogP contribution in [0, 0.1) is 5.92 Å². The first-order valence-electron chi connectivity index (χ1n) is 12.1. The Hall–Kier alpha value is -3.16. The number of nitrogens with zero attached hydrogens (tertiary/aromatic N) is 2.